The van der Waals surface area contributed by atoms with E-state index in [1.807, 2.05) is 30.3 Å². The summed E-state index contributed by atoms with van der Waals surface area (Å²) in [5.41, 5.74) is 1.98. The van der Waals surface area contributed by atoms with Gasteiger partial charge in [-0.25, -0.2) is 0 Å². The topological polar surface area (TPSA) is 39.7 Å². The first-order valence-corrected chi connectivity index (χ1v) is 8.83. The molecule has 2 aromatic carbocycles. The minimum absolute atomic E-state index is 0.383. The quantitative estimate of drug-likeness (QED) is 0.603. The van der Waals surface area contributed by atoms with Crippen molar-refractivity contribution in [2.75, 3.05) is 27.4 Å². The summed E-state index contributed by atoms with van der Waals surface area (Å²) in [6.07, 6.45) is 0.958. The lowest BCUT2D eigenvalue weighted by molar-refractivity contribution is 0.194. The van der Waals surface area contributed by atoms with E-state index in [1.165, 1.54) is 0 Å². The maximum atomic E-state index is 6.06. The maximum absolute atomic E-state index is 6.06. The third-order valence-corrected chi connectivity index (χ3v) is 4.40. The predicted octanol–water partition coefficient (Wildman–Crippen LogP) is 4.71. The molecular formula is C19H23Cl2NO3. The summed E-state index contributed by atoms with van der Waals surface area (Å²) < 4.78 is 16.5. The van der Waals surface area contributed by atoms with Crippen LogP contribution in [0.25, 0.3) is 0 Å². The molecule has 0 bridgehead atoms. The summed E-state index contributed by atoms with van der Waals surface area (Å²) in [6, 6.07) is 11.3. The van der Waals surface area contributed by atoms with Crippen LogP contribution in [-0.2, 0) is 17.9 Å². The molecule has 25 heavy (non-hydrogen) atoms. The molecule has 6 heteroatoms. The largest absolute Gasteiger partial charge is 0.493 e. The SMILES string of the molecule is COCCCNCc1cccc(OC)c1OCc1ccc(Cl)c(Cl)c1. The lowest BCUT2D eigenvalue weighted by Gasteiger charge is -2.16. The van der Waals surface area contributed by atoms with Gasteiger partial charge in [0.1, 0.15) is 6.61 Å². The normalized spacial score (nSPS) is 10.7. The Kier molecular flexibility index (Phi) is 8.35. The van der Waals surface area contributed by atoms with Crippen LogP contribution < -0.4 is 14.8 Å². The van der Waals surface area contributed by atoms with Gasteiger partial charge in [0.25, 0.3) is 0 Å². The second kappa shape index (κ2) is 10.5. The number of halogens is 2. The van der Waals surface area contributed by atoms with E-state index in [4.69, 9.17) is 37.4 Å². The first-order chi connectivity index (χ1) is 12.2. The molecule has 0 saturated heterocycles. The van der Waals surface area contributed by atoms with Crippen molar-refractivity contribution in [2.24, 2.45) is 0 Å². The van der Waals surface area contributed by atoms with Crippen LogP contribution in [-0.4, -0.2) is 27.4 Å². The number of hydrogen-bond acceptors (Lipinski definition) is 4. The molecule has 4 nitrogen and oxygen atoms in total. The number of ether oxygens (including phenoxy) is 3. The molecule has 0 fully saturated rings. The van der Waals surface area contributed by atoms with Crippen LogP contribution in [0.2, 0.25) is 10.0 Å². The molecule has 0 aromatic heterocycles. The average Bonchev–Trinajstić information content (AvgIpc) is 2.62. The van der Waals surface area contributed by atoms with Crippen molar-refractivity contribution < 1.29 is 14.2 Å². The third kappa shape index (κ3) is 6.08. The van der Waals surface area contributed by atoms with Crippen molar-refractivity contribution in [1.29, 1.82) is 0 Å². The molecule has 0 atom stereocenters. The number of rotatable bonds is 10. The van der Waals surface area contributed by atoms with E-state index in [-0.39, 0.29) is 0 Å². The van der Waals surface area contributed by atoms with Crippen LogP contribution in [0, 0.1) is 0 Å². The lowest BCUT2D eigenvalue weighted by atomic mass is 10.1. The Bertz CT molecular complexity index is 680. The van der Waals surface area contributed by atoms with Crippen molar-refractivity contribution >= 4 is 23.2 Å². The molecule has 0 aliphatic rings. The van der Waals surface area contributed by atoms with Crippen molar-refractivity contribution in [3.63, 3.8) is 0 Å². The summed E-state index contributed by atoms with van der Waals surface area (Å²) in [4.78, 5) is 0. The van der Waals surface area contributed by atoms with Gasteiger partial charge < -0.3 is 19.5 Å². The van der Waals surface area contributed by atoms with Gasteiger partial charge in [0, 0.05) is 25.8 Å². The zero-order valence-corrected chi connectivity index (χ0v) is 16.0. The fraction of sp³-hybridized carbons (Fsp3) is 0.368. The van der Waals surface area contributed by atoms with Gasteiger partial charge in [0.05, 0.1) is 17.2 Å². The zero-order chi connectivity index (χ0) is 18.1. The Labute approximate surface area is 159 Å². The van der Waals surface area contributed by atoms with E-state index in [9.17, 15) is 0 Å². The highest BCUT2D eigenvalue weighted by atomic mass is 35.5. The Morgan fingerprint density at radius 1 is 1.04 bits per heavy atom. The predicted molar refractivity (Wildman–Crippen MR) is 102 cm³/mol. The van der Waals surface area contributed by atoms with Gasteiger partial charge in [-0.3, -0.25) is 0 Å². The molecule has 0 heterocycles. The molecule has 0 aliphatic heterocycles. The first-order valence-electron chi connectivity index (χ1n) is 8.08. The lowest BCUT2D eigenvalue weighted by Crippen LogP contribution is -2.17. The minimum atomic E-state index is 0.383. The second-order valence-electron chi connectivity index (χ2n) is 5.51. The van der Waals surface area contributed by atoms with E-state index < -0.39 is 0 Å². The second-order valence-corrected chi connectivity index (χ2v) is 6.32. The third-order valence-electron chi connectivity index (χ3n) is 3.67. The molecule has 2 aromatic rings. The molecule has 1 N–H and O–H groups in total. The smallest absolute Gasteiger partial charge is 0.166 e. The highest BCUT2D eigenvalue weighted by molar-refractivity contribution is 6.42. The summed E-state index contributed by atoms with van der Waals surface area (Å²) >= 11 is 12.0. The van der Waals surface area contributed by atoms with Gasteiger partial charge in [-0.05, 0) is 36.7 Å². The number of hydrogen-bond donors (Lipinski definition) is 1. The zero-order valence-electron chi connectivity index (χ0n) is 14.5. The van der Waals surface area contributed by atoms with Crippen molar-refractivity contribution in [3.8, 4) is 11.5 Å². The van der Waals surface area contributed by atoms with Gasteiger partial charge in [0.15, 0.2) is 11.5 Å². The van der Waals surface area contributed by atoms with Gasteiger partial charge in [-0.15, -0.1) is 0 Å². The average molecular weight is 384 g/mol. The number of para-hydroxylation sites is 1. The molecule has 0 spiro atoms. The Morgan fingerprint density at radius 3 is 2.60 bits per heavy atom. The number of methoxy groups -OCH3 is 2. The van der Waals surface area contributed by atoms with E-state index in [0.717, 1.165) is 36.4 Å². The van der Waals surface area contributed by atoms with Crippen LogP contribution in [0.4, 0.5) is 0 Å². The van der Waals surface area contributed by atoms with Crippen LogP contribution >= 0.6 is 23.2 Å². The number of benzene rings is 2. The van der Waals surface area contributed by atoms with Gasteiger partial charge >= 0.3 is 0 Å². The molecule has 0 aliphatic carbocycles. The summed E-state index contributed by atoms with van der Waals surface area (Å²) in [7, 11) is 3.34. The van der Waals surface area contributed by atoms with E-state index in [2.05, 4.69) is 5.32 Å². The monoisotopic (exact) mass is 383 g/mol. The van der Waals surface area contributed by atoms with Gasteiger partial charge in [-0.2, -0.15) is 0 Å². The summed E-state index contributed by atoms with van der Waals surface area (Å²) in [5, 5.41) is 4.44. The highest BCUT2D eigenvalue weighted by Gasteiger charge is 2.11. The van der Waals surface area contributed by atoms with Crippen molar-refractivity contribution in [1.82, 2.24) is 5.32 Å². The van der Waals surface area contributed by atoms with Crippen LogP contribution in [0.3, 0.4) is 0 Å². The highest BCUT2D eigenvalue weighted by Crippen LogP contribution is 2.32. The molecule has 136 valence electrons. The molecule has 0 saturated carbocycles. The van der Waals surface area contributed by atoms with Crippen LogP contribution in [0.1, 0.15) is 17.5 Å². The van der Waals surface area contributed by atoms with E-state index in [0.29, 0.717) is 28.9 Å². The fourth-order valence-electron chi connectivity index (χ4n) is 2.37. The van der Waals surface area contributed by atoms with Gasteiger partial charge in [0.2, 0.25) is 0 Å². The minimum Gasteiger partial charge on any atom is -0.493 e. The fourth-order valence-corrected chi connectivity index (χ4v) is 2.70. The standard InChI is InChI=1S/C19H23Cl2NO3/c1-23-10-4-9-22-12-15-5-3-6-18(24-2)19(15)25-13-14-7-8-16(20)17(21)11-14/h3,5-8,11,22H,4,9-10,12-13H2,1-2H3. The molecule has 0 radical (unpaired) electrons. The van der Waals surface area contributed by atoms with Crippen molar-refractivity contribution in [2.45, 2.75) is 19.6 Å². The Hall–Kier alpha value is -1.46. The van der Waals surface area contributed by atoms with E-state index in [1.54, 1.807) is 20.3 Å². The summed E-state index contributed by atoms with van der Waals surface area (Å²) in [6.45, 7) is 2.69. The molecule has 2 rings (SSSR count). The Morgan fingerprint density at radius 2 is 1.88 bits per heavy atom. The Balaban J connectivity index is 2.04. The van der Waals surface area contributed by atoms with E-state index >= 15 is 0 Å². The molecule has 0 unspecified atom stereocenters. The summed E-state index contributed by atoms with van der Waals surface area (Å²) in [5.74, 6) is 1.44. The maximum Gasteiger partial charge on any atom is 0.166 e. The van der Waals surface area contributed by atoms with Gasteiger partial charge in [-0.1, -0.05) is 41.4 Å². The number of nitrogens with one attached hydrogen (secondary N) is 1. The first kappa shape index (κ1) is 19.9. The molecule has 0 amide bonds. The van der Waals surface area contributed by atoms with Crippen molar-refractivity contribution in [3.05, 3.63) is 57.6 Å². The molecular weight excluding hydrogens is 361 g/mol. The van der Waals surface area contributed by atoms with Crippen LogP contribution in [0.5, 0.6) is 11.5 Å². The van der Waals surface area contributed by atoms with Crippen LogP contribution in [0.15, 0.2) is 36.4 Å².